The average Bonchev–Trinajstić information content (AvgIpc) is 3.78. The second kappa shape index (κ2) is 15.5. The Bertz CT molecular complexity index is 3560. The zero-order valence-electron chi connectivity index (χ0n) is 34.1. The van der Waals surface area contributed by atoms with E-state index in [-0.39, 0.29) is 170 Å². The lowest BCUT2D eigenvalue weighted by atomic mass is 9.61. The summed E-state index contributed by atoms with van der Waals surface area (Å²) in [4.78, 5) is 0. The molecule has 64 heavy (non-hydrogen) atoms. The molecule has 0 aliphatic carbocycles. The summed E-state index contributed by atoms with van der Waals surface area (Å²) in [5.41, 5.74) is 4.12. The van der Waals surface area contributed by atoms with E-state index in [1.165, 1.54) is 12.1 Å². The monoisotopic (exact) mass is 760 g/mol. The number of fused-ring (bicyclic) bond motifs is 6. The molecule has 0 fully saturated rings. The standard InChI is InChI=1S/C42H8B20N2/c43-11-3-1-9(2-4-11)10-5-13(45)37(14(46)6-10)63-39-19(21-27(53)29(55)31(57)35(61)41(21)63)23(49)17(25(51)33(39)59)18-24(50)20-22-28(54)30(56)32(58)36(62)42(22)64(40(20)34(60)26(18)52)38-15(47)7-12(44)8-16(38)48/h1-8H. The van der Waals surface area contributed by atoms with E-state index in [1.807, 2.05) is 12.1 Å². The van der Waals surface area contributed by atoms with Crippen LogP contribution in [-0.4, -0.2) is 166 Å². The molecule has 0 spiro atoms. The van der Waals surface area contributed by atoms with E-state index >= 15 is 0 Å². The normalized spacial score (nSPS) is 11.8. The first-order valence-electron chi connectivity index (χ1n) is 19.2. The van der Waals surface area contributed by atoms with Crippen molar-refractivity contribution in [3.8, 4) is 33.6 Å². The minimum Gasteiger partial charge on any atom is -0.312 e. The summed E-state index contributed by atoms with van der Waals surface area (Å²) < 4.78 is 3.16. The lowest BCUT2D eigenvalue weighted by molar-refractivity contribution is 1.22. The van der Waals surface area contributed by atoms with Crippen molar-refractivity contribution in [3.05, 3.63) is 48.5 Å². The fraction of sp³-hybridized carbons (Fsp3) is 0. The van der Waals surface area contributed by atoms with Crippen LogP contribution in [0, 0.1) is 0 Å². The Morgan fingerprint density at radius 2 is 0.547 bits per heavy atom. The Balaban J connectivity index is 1.46. The summed E-state index contributed by atoms with van der Waals surface area (Å²) in [6.45, 7) is 0. The number of rotatable bonds is 4. The molecule has 246 valence electrons. The summed E-state index contributed by atoms with van der Waals surface area (Å²) in [6.07, 6.45) is 0. The summed E-state index contributed by atoms with van der Waals surface area (Å²) in [5.74, 6) is 0. The minimum absolute atomic E-state index is 0.00717. The van der Waals surface area contributed by atoms with Gasteiger partial charge in [0.2, 0.25) is 0 Å². The molecule has 0 saturated carbocycles. The van der Waals surface area contributed by atoms with Crippen LogP contribution < -0.4 is 109 Å². The Morgan fingerprint density at radius 1 is 0.250 bits per heavy atom. The smallest absolute Gasteiger partial charge is 0.116 e. The van der Waals surface area contributed by atoms with E-state index < -0.39 is 0 Å². The minimum atomic E-state index is -0.0939. The number of hydrogen-bond acceptors (Lipinski definition) is 0. The largest absolute Gasteiger partial charge is 0.312 e. The molecule has 0 aliphatic rings. The third kappa shape index (κ3) is 6.08. The Kier molecular flexibility index (Phi) is 10.8. The predicted octanol–water partition coefficient (Wildman–Crippen LogP) is -12.9. The van der Waals surface area contributed by atoms with Crippen LogP contribution in [-0.2, 0) is 0 Å². The zero-order chi connectivity index (χ0) is 46.4. The van der Waals surface area contributed by atoms with Crippen molar-refractivity contribution in [1.82, 2.24) is 9.13 Å². The summed E-state index contributed by atoms with van der Waals surface area (Å²) >= 11 is 0. The highest BCUT2D eigenvalue weighted by Crippen LogP contribution is 2.31. The highest BCUT2D eigenvalue weighted by atomic mass is 15.0. The van der Waals surface area contributed by atoms with E-state index in [1.54, 1.807) is 33.4 Å². The maximum Gasteiger partial charge on any atom is 0.116 e. The van der Waals surface area contributed by atoms with Crippen LogP contribution in [0.4, 0.5) is 0 Å². The van der Waals surface area contributed by atoms with Gasteiger partial charge in [0.15, 0.2) is 0 Å². The second-order valence-electron chi connectivity index (χ2n) is 15.8. The van der Waals surface area contributed by atoms with E-state index in [2.05, 4.69) is 0 Å². The molecule has 9 rings (SSSR count). The van der Waals surface area contributed by atoms with Crippen LogP contribution in [0.1, 0.15) is 0 Å². The van der Waals surface area contributed by atoms with Gasteiger partial charge in [0.1, 0.15) is 157 Å². The van der Waals surface area contributed by atoms with Gasteiger partial charge in [-0.1, -0.05) is 136 Å². The van der Waals surface area contributed by atoms with Gasteiger partial charge < -0.3 is 9.13 Å². The highest BCUT2D eigenvalue weighted by Gasteiger charge is 2.29. The Hall–Kier alpha value is -4.56. The SMILES string of the molecule is [B]c1ccc(-c2cc([B])c(-n3c4c([B])c([B])c([B])c([B])c4c4c([B])c(-c5c([B])c([B])c6c(c5[B])c5c([B])c([B])c([B])c([B])c5n6-c5c([B])cc([B])cc5[B])c([B])c([B])c43)c([B])c2)cc1. The first-order valence-corrected chi connectivity index (χ1v) is 19.2. The van der Waals surface area contributed by atoms with Gasteiger partial charge >= 0.3 is 0 Å². The fourth-order valence-electron chi connectivity index (χ4n) is 9.11. The van der Waals surface area contributed by atoms with Gasteiger partial charge in [0.25, 0.3) is 0 Å². The van der Waals surface area contributed by atoms with Gasteiger partial charge in [-0.25, -0.2) is 0 Å². The summed E-state index contributed by atoms with van der Waals surface area (Å²) in [6, 6.07) is 13.7. The fourth-order valence-corrected chi connectivity index (χ4v) is 9.11. The van der Waals surface area contributed by atoms with Crippen LogP contribution >= 0.6 is 0 Å². The maximum atomic E-state index is 7.29. The quantitative estimate of drug-likeness (QED) is 0.158. The van der Waals surface area contributed by atoms with E-state index in [0.717, 1.165) is 5.56 Å². The van der Waals surface area contributed by atoms with Crippen LogP contribution in [0.25, 0.3) is 77.2 Å². The van der Waals surface area contributed by atoms with Crippen molar-refractivity contribution >= 4 is 310 Å². The molecule has 0 bridgehead atoms. The first-order chi connectivity index (χ1) is 30.1. The summed E-state index contributed by atoms with van der Waals surface area (Å²) in [5, 5.41) is 0.905. The molecular weight excluding hydrogens is 749 g/mol. The first kappa shape index (κ1) is 44.6. The predicted molar refractivity (Wildman–Crippen MR) is 294 cm³/mol. The van der Waals surface area contributed by atoms with Crippen LogP contribution in [0.15, 0.2) is 48.5 Å². The third-order valence-corrected chi connectivity index (χ3v) is 12.1. The van der Waals surface area contributed by atoms with Crippen LogP contribution in [0.5, 0.6) is 0 Å². The van der Waals surface area contributed by atoms with E-state index in [4.69, 9.17) is 157 Å². The van der Waals surface area contributed by atoms with Gasteiger partial charge in [-0.3, -0.25) is 0 Å². The molecular formula is C42H8B20N2. The van der Waals surface area contributed by atoms with Gasteiger partial charge in [-0.2, -0.15) is 0 Å². The molecule has 2 aromatic heterocycles. The molecule has 9 aromatic rings. The van der Waals surface area contributed by atoms with Crippen molar-refractivity contribution in [1.29, 1.82) is 0 Å². The molecule has 22 heteroatoms. The molecule has 2 heterocycles. The molecule has 2 nitrogen and oxygen atoms in total. The molecule has 0 saturated heterocycles. The molecule has 0 atom stereocenters. The topological polar surface area (TPSA) is 9.86 Å². The Morgan fingerprint density at radius 3 is 0.906 bits per heavy atom. The molecule has 0 unspecified atom stereocenters. The average molecular weight is 757 g/mol. The number of nitrogens with zero attached hydrogens (tertiary/aromatic N) is 2. The molecule has 7 aromatic carbocycles. The molecule has 0 amide bonds. The summed E-state index contributed by atoms with van der Waals surface area (Å²) in [7, 11) is 135. The van der Waals surface area contributed by atoms with Gasteiger partial charge in [0.05, 0.1) is 0 Å². The number of aromatic nitrogens is 2. The van der Waals surface area contributed by atoms with Gasteiger partial charge in [-0.15, -0.1) is 21.9 Å². The molecule has 0 N–H and O–H groups in total. The van der Waals surface area contributed by atoms with Gasteiger partial charge in [0, 0.05) is 44.2 Å². The molecule has 40 radical (unpaired) electrons. The van der Waals surface area contributed by atoms with Crippen molar-refractivity contribution in [2.24, 2.45) is 0 Å². The Labute approximate surface area is 398 Å². The zero-order valence-corrected chi connectivity index (χ0v) is 34.1. The second-order valence-corrected chi connectivity index (χ2v) is 15.8. The number of benzene rings is 7. The molecule has 0 aliphatic heterocycles. The van der Waals surface area contributed by atoms with E-state index in [9.17, 15) is 0 Å². The lowest BCUT2D eigenvalue weighted by Crippen LogP contribution is -2.48. The van der Waals surface area contributed by atoms with Crippen LogP contribution in [0.3, 0.4) is 0 Å². The van der Waals surface area contributed by atoms with E-state index in [0.29, 0.717) is 11.0 Å². The lowest BCUT2D eigenvalue weighted by Gasteiger charge is -2.26. The van der Waals surface area contributed by atoms with Crippen molar-refractivity contribution in [2.45, 2.75) is 0 Å². The van der Waals surface area contributed by atoms with Gasteiger partial charge in [-0.05, 0) is 33.0 Å². The van der Waals surface area contributed by atoms with Crippen LogP contribution in [0.2, 0.25) is 0 Å². The maximum absolute atomic E-state index is 7.29. The van der Waals surface area contributed by atoms with Crippen molar-refractivity contribution in [3.63, 3.8) is 0 Å². The number of hydrogen-bond donors (Lipinski definition) is 0. The van der Waals surface area contributed by atoms with Crippen molar-refractivity contribution < 1.29 is 0 Å². The van der Waals surface area contributed by atoms with Crippen molar-refractivity contribution in [2.75, 3.05) is 0 Å². The highest BCUT2D eigenvalue weighted by molar-refractivity contribution is 6.72. The third-order valence-electron chi connectivity index (χ3n) is 12.1.